The van der Waals surface area contributed by atoms with Crippen LogP contribution in [0.4, 0.5) is 5.69 Å². The molecule has 0 spiro atoms. The molecule has 1 saturated heterocycles. The van der Waals surface area contributed by atoms with Gasteiger partial charge in [-0.25, -0.2) is 0 Å². The van der Waals surface area contributed by atoms with E-state index in [1.54, 1.807) is 0 Å². The molecular weight excluding hydrogens is 340 g/mol. The lowest BCUT2D eigenvalue weighted by molar-refractivity contribution is 0.414. The van der Waals surface area contributed by atoms with Gasteiger partial charge in [0, 0.05) is 18.8 Å². The van der Waals surface area contributed by atoms with Gasteiger partial charge in [0.25, 0.3) is 0 Å². The summed E-state index contributed by atoms with van der Waals surface area (Å²) in [7, 11) is 0. The summed E-state index contributed by atoms with van der Waals surface area (Å²) in [5.74, 6) is 1.38. The van der Waals surface area contributed by atoms with Crippen LogP contribution in [0.2, 0.25) is 0 Å². The Morgan fingerprint density at radius 2 is 1.25 bits per heavy atom. The predicted octanol–water partition coefficient (Wildman–Crippen LogP) is 4.81. The van der Waals surface area contributed by atoms with Crippen LogP contribution in [0.1, 0.15) is 11.1 Å². The van der Waals surface area contributed by atoms with Crippen molar-refractivity contribution in [3.8, 4) is 0 Å². The highest BCUT2D eigenvalue weighted by atomic mass is 15.1. The summed E-state index contributed by atoms with van der Waals surface area (Å²) < 4.78 is 0. The highest BCUT2D eigenvalue weighted by molar-refractivity contribution is 5.46. The molecule has 0 aromatic heterocycles. The zero-order chi connectivity index (χ0) is 19.0. The van der Waals surface area contributed by atoms with E-state index in [2.05, 4.69) is 101 Å². The summed E-state index contributed by atoms with van der Waals surface area (Å²) in [6.45, 7) is 4.41. The molecule has 0 bridgehead atoms. The molecule has 2 heteroatoms. The average Bonchev–Trinajstić information content (AvgIpc) is 3.19. The van der Waals surface area contributed by atoms with Gasteiger partial charge >= 0.3 is 0 Å². The number of anilines is 1. The Bertz CT molecular complexity index is 817. The smallest absolute Gasteiger partial charge is 0.0366 e. The first-order valence-electron chi connectivity index (χ1n) is 10.5. The summed E-state index contributed by atoms with van der Waals surface area (Å²) in [6, 6.07) is 32.7. The van der Waals surface area contributed by atoms with Crippen molar-refractivity contribution in [3.05, 3.63) is 102 Å². The van der Waals surface area contributed by atoms with E-state index in [1.807, 2.05) is 0 Å². The van der Waals surface area contributed by atoms with Crippen LogP contribution in [0.5, 0.6) is 0 Å². The van der Waals surface area contributed by atoms with Crippen LogP contribution in [0.25, 0.3) is 0 Å². The predicted molar refractivity (Wildman–Crippen MR) is 119 cm³/mol. The van der Waals surface area contributed by atoms with Crippen LogP contribution >= 0.6 is 0 Å². The van der Waals surface area contributed by atoms with Gasteiger partial charge in [-0.05, 0) is 61.0 Å². The molecule has 2 unspecified atom stereocenters. The maximum absolute atomic E-state index is 3.65. The van der Waals surface area contributed by atoms with E-state index in [4.69, 9.17) is 0 Å². The molecule has 2 nitrogen and oxygen atoms in total. The molecule has 3 aromatic carbocycles. The Morgan fingerprint density at radius 3 is 1.93 bits per heavy atom. The quantitative estimate of drug-likeness (QED) is 0.612. The number of rotatable bonds is 8. The van der Waals surface area contributed by atoms with Crippen molar-refractivity contribution in [1.29, 1.82) is 0 Å². The van der Waals surface area contributed by atoms with Gasteiger partial charge in [-0.15, -0.1) is 0 Å². The Hall–Kier alpha value is -2.58. The van der Waals surface area contributed by atoms with Gasteiger partial charge in [0.2, 0.25) is 0 Å². The zero-order valence-electron chi connectivity index (χ0n) is 16.5. The molecule has 1 fully saturated rings. The van der Waals surface area contributed by atoms with E-state index in [0.717, 1.165) is 32.6 Å². The minimum Gasteiger partial charge on any atom is -0.371 e. The monoisotopic (exact) mass is 370 g/mol. The molecule has 1 N–H and O–H groups in total. The first-order chi connectivity index (χ1) is 13.9. The van der Waals surface area contributed by atoms with Crippen LogP contribution in [0.3, 0.4) is 0 Å². The number of benzene rings is 3. The van der Waals surface area contributed by atoms with Gasteiger partial charge in [0.05, 0.1) is 0 Å². The third kappa shape index (κ3) is 5.02. The topological polar surface area (TPSA) is 15.3 Å². The fourth-order valence-corrected chi connectivity index (χ4v) is 4.31. The largest absolute Gasteiger partial charge is 0.371 e. The lowest BCUT2D eigenvalue weighted by atomic mass is 9.89. The van der Waals surface area contributed by atoms with Gasteiger partial charge < -0.3 is 10.2 Å². The van der Waals surface area contributed by atoms with Crippen LogP contribution in [0.15, 0.2) is 91.0 Å². The van der Waals surface area contributed by atoms with Crippen molar-refractivity contribution in [3.63, 3.8) is 0 Å². The minimum absolute atomic E-state index is 0.677. The van der Waals surface area contributed by atoms with Gasteiger partial charge in [0.1, 0.15) is 0 Å². The number of hydrogen-bond donors (Lipinski definition) is 1. The molecule has 3 aromatic rings. The van der Waals surface area contributed by atoms with E-state index in [-0.39, 0.29) is 0 Å². The van der Waals surface area contributed by atoms with Gasteiger partial charge in [-0.3, -0.25) is 0 Å². The number of nitrogens with zero attached hydrogens (tertiary/aromatic N) is 1. The van der Waals surface area contributed by atoms with Crippen molar-refractivity contribution in [1.82, 2.24) is 5.32 Å². The molecule has 0 amide bonds. The maximum atomic E-state index is 3.65. The van der Waals surface area contributed by atoms with Crippen LogP contribution in [-0.4, -0.2) is 26.2 Å². The van der Waals surface area contributed by atoms with Crippen molar-refractivity contribution in [2.75, 3.05) is 31.1 Å². The highest BCUT2D eigenvalue weighted by Crippen LogP contribution is 2.25. The molecule has 0 radical (unpaired) electrons. The van der Waals surface area contributed by atoms with E-state index in [0.29, 0.717) is 11.8 Å². The fourth-order valence-electron chi connectivity index (χ4n) is 4.31. The maximum Gasteiger partial charge on any atom is 0.0366 e. The first-order valence-corrected chi connectivity index (χ1v) is 10.5. The van der Waals surface area contributed by atoms with Gasteiger partial charge in [0.15, 0.2) is 0 Å². The molecule has 2 atom stereocenters. The van der Waals surface area contributed by atoms with E-state index >= 15 is 0 Å². The molecule has 0 aliphatic carbocycles. The molecule has 144 valence electrons. The van der Waals surface area contributed by atoms with Crippen molar-refractivity contribution >= 4 is 5.69 Å². The minimum atomic E-state index is 0.677. The standard InChI is InChI=1S/C26H30N2/c1-4-10-22(11-5-1)16-17-28(26-14-8-3-9-15-26)21-25-20-27-19-24(25)18-23-12-6-2-7-13-23/h1-15,24-25,27H,16-21H2. The van der Waals surface area contributed by atoms with E-state index < -0.39 is 0 Å². The summed E-state index contributed by atoms with van der Waals surface area (Å²) in [6.07, 6.45) is 2.25. The molecule has 28 heavy (non-hydrogen) atoms. The Labute approximate surface area is 169 Å². The molecule has 1 heterocycles. The van der Waals surface area contributed by atoms with Crippen molar-refractivity contribution < 1.29 is 0 Å². The molecule has 1 aliphatic heterocycles. The average molecular weight is 371 g/mol. The summed E-state index contributed by atoms with van der Waals surface area (Å²) >= 11 is 0. The van der Waals surface area contributed by atoms with Gasteiger partial charge in [-0.1, -0.05) is 78.9 Å². The lowest BCUT2D eigenvalue weighted by Gasteiger charge is -2.30. The summed E-state index contributed by atoms with van der Waals surface area (Å²) in [4.78, 5) is 2.59. The second kappa shape index (κ2) is 9.57. The third-order valence-corrected chi connectivity index (χ3v) is 5.91. The normalized spacial score (nSPS) is 18.9. The molecule has 4 rings (SSSR count). The van der Waals surface area contributed by atoms with Gasteiger partial charge in [-0.2, -0.15) is 0 Å². The molecule has 0 saturated carbocycles. The zero-order valence-corrected chi connectivity index (χ0v) is 16.5. The first kappa shape index (κ1) is 18.8. The number of para-hydroxylation sites is 1. The second-order valence-electron chi connectivity index (χ2n) is 7.89. The highest BCUT2D eigenvalue weighted by Gasteiger charge is 2.28. The summed E-state index contributed by atoms with van der Waals surface area (Å²) in [5.41, 5.74) is 4.20. The number of nitrogens with one attached hydrogen (secondary N) is 1. The molecule has 1 aliphatic rings. The fraction of sp³-hybridized carbons (Fsp3) is 0.308. The van der Waals surface area contributed by atoms with E-state index in [9.17, 15) is 0 Å². The van der Waals surface area contributed by atoms with E-state index in [1.165, 1.54) is 23.2 Å². The van der Waals surface area contributed by atoms with Crippen LogP contribution in [-0.2, 0) is 12.8 Å². The third-order valence-electron chi connectivity index (χ3n) is 5.91. The molecular formula is C26H30N2. The second-order valence-corrected chi connectivity index (χ2v) is 7.89. The van der Waals surface area contributed by atoms with Crippen molar-refractivity contribution in [2.24, 2.45) is 11.8 Å². The van der Waals surface area contributed by atoms with Crippen molar-refractivity contribution in [2.45, 2.75) is 12.8 Å². The van der Waals surface area contributed by atoms with Crippen LogP contribution < -0.4 is 10.2 Å². The Kier molecular flexibility index (Phi) is 6.41. The Morgan fingerprint density at radius 1 is 0.679 bits per heavy atom. The SMILES string of the molecule is c1ccc(CCN(CC2CNCC2Cc2ccccc2)c2ccccc2)cc1. The van der Waals surface area contributed by atoms with Crippen LogP contribution in [0, 0.1) is 11.8 Å². The number of hydrogen-bond acceptors (Lipinski definition) is 2. The Balaban J connectivity index is 1.45. The summed E-state index contributed by atoms with van der Waals surface area (Å²) in [5, 5.41) is 3.65. The lowest BCUT2D eigenvalue weighted by Crippen LogP contribution is -2.35.